The molecule has 1 atom stereocenters. The van der Waals surface area contributed by atoms with Gasteiger partial charge in [0.2, 0.25) is 11.9 Å². The van der Waals surface area contributed by atoms with E-state index in [1.165, 1.54) is 0 Å². The monoisotopic (exact) mass is 312 g/mol. The van der Waals surface area contributed by atoms with Crippen LogP contribution < -0.4 is 5.32 Å². The summed E-state index contributed by atoms with van der Waals surface area (Å²) >= 11 is 0. The SMILES string of the molecule is CC[C@H](C(=O)NCc1cc(C2CC2)cnc1F)c1ccccc1. The topological polar surface area (TPSA) is 42.0 Å². The van der Waals surface area contributed by atoms with Crippen LogP contribution in [0.25, 0.3) is 0 Å². The van der Waals surface area contributed by atoms with Crippen LogP contribution in [0.3, 0.4) is 0 Å². The molecular formula is C19H21FN2O. The van der Waals surface area contributed by atoms with Crippen molar-refractivity contribution in [1.29, 1.82) is 0 Å². The molecule has 23 heavy (non-hydrogen) atoms. The number of nitrogens with one attached hydrogen (secondary N) is 1. The van der Waals surface area contributed by atoms with Crippen LogP contribution in [-0.2, 0) is 11.3 Å². The standard InChI is InChI=1S/C19H21FN2O/c1-2-17(14-6-4-3-5-7-14)19(23)22-12-16-10-15(13-8-9-13)11-21-18(16)20/h3-7,10-11,13,17H,2,8-9,12H2,1H3,(H,22,23)/t17-/m0/s1. The van der Waals surface area contributed by atoms with E-state index in [1.54, 1.807) is 6.20 Å². The number of nitrogens with zero attached hydrogens (tertiary/aromatic N) is 1. The van der Waals surface area contributed by atoms with Crippen molar-refractivity contribution in [2.45, 2.75) is 44.6 Å². The van der Waals surface area contributed by atoms with E-state index in [0.717, 1.165) is 24.0 Å². The van der Waals surface area contributed by atoms with Crippen LogP contribution in [0.5, 0.6) is 0 Å². The molecule has 3 nitrogen and oxygen atoms in total. The molecule has 4 heteroatoms. The van der Waals surface area contributed by atoms with Gasteiger partial charge in [0.05, 0.1) is 5.92 Å². The van der Waals surface area contributed by atoms with E-state index < -0.39 is 5.95 Å². The first-order valence-electron chi connectivity index (χ1n) is 8.16. The Kier molecular flexibility index (Phi) is 4.70. The van der Waals surface area contributed by atoms with Crippen LogP contribution in [0.4, 0.5) is 4.39 Å². The number of amides is 1. The molecule has 1 N–H and O–H groups in total. The highest BCUT2D eigenvalue weighted by Gasteiger charge is 2.25. The number of halogens is 1. The molecule has 0 bridgehead atoms. The van der Waals surface area contributed by atoms with Crippen LogP contribution in [0.1, 0.15) is 54.7 Å². The van der Waals surface area contributed by atoms with Crippen molar-refractivity contribution < 1.29 is 9.18 Å². The zero-order valence-electron chi connectivity index (χ0n) is 13.3. The smallest absolute Gasteiger partial charge is 0.227 e. The minimum atomic E-state index is -0.498. The number of aromatic nitrogens is 1. The molecule has 2 aromatic rings. The molecule has 120 valence electrons. The van der Waals surface area contributed by atoms with E-state index in [-0.39, 0.29) is 18.4 Å². The average Bonchev–Trinajstić information content (AvgIpc) is 3.41. The summed E-state index contributed by atoms with van der Waals surface area (Å²) < 4.78 is 13.8. The molecule has 1 aliphatic rings. The quantitative estimate of drug-likeness (QED) is 0.822. The third kappa shape index (κ3) is 3.76. The summed E-state index contributed by atoms with van der Waals surface area (Å²) in [6.07, 6.45) is 4.60. The largest absolute Gasteiger partial charge is 0.351 e. The second-order valence-electron chi connectivity index (χ2n) is 6.08. The van der Waals surface area contributed by atoms with Crippen LogP contribution in [0, 0.1) is 5.95 Å². The predicted molar refractivity (Wildman–Crippen MR) is 87.5 cm³/mol. The van der Waals surface area contributed by atoms with Gasteiger partial charge in [-0.1, -0.05) is 37.3 Å². The van der Waals surface area contributed by atoms with E-state index in [9.17, 15) is 9.18 Å². The van der Waals surface area contributed by atoms with Gasteiger partial charge in [0.25, 0.3) is 0 Å². The fraction of sp³-hybridized carbons (Fsp3) is 0.368. The van der Waals surface area contributed by atoms with Crippen molar-refractivity contribution in [3.05, 3.63) is 65.2 Å². The molecule has 3 rings (SSSR count). The number of carbonyl (C=O) groups is 1. The lowest BCUT2D eigenvalue weighted by Gasteiger charge is -2.15. The highest BCUT2D eigenvalue weighted by atomic mass is 19.1. The molecule has 1 aliphatic carbocycles. The Hall–Kier alpha value is -2.23. The second-order valence-corrected chi connectivity index (χ2v) is 6.08. The number of hydrogen-bond acceptors (Lipinski definition) is 2. The van der Waals surface area contributed by atoms with E-state index in [0.29, 0.717) is 17.9 Å². The molecule has 0 saturated heterocycles. The van der Waals surface area contributed by atoms with Gasteiger partial charge < -0.3 is 5.32 Å². The Morgan fingerprint density at radius 3 is 2.74 bits per heavy atom. The van der Waals surface area contributed by atoms with Crippen molar-refractivity contribution in [1.82, 2.24) is 10.3 Å². The molecule has 1 amide bonds. The molecule has 1 fully saturated rings. The average molecular weight is 312 g/mol. The summed E-state index contributed by atoms with van der Waals surface area (Å²) in [6.45, 7) is 2.16. The zero-order valence-corrected chi connectivity index (χ0v) is 13.3. The van der Waals surface area contributed by atoms with E-state index in [4.69, 9.17) is 0 Å². The van der Waals surface area contributed by atoms with Crippen LogP contribution >= 0.6 is 0 Å². The van der Waals surface area contributed by atoms with Gasteiger partial charge >= 0.3 is 0 Å². The molecule has 0 unspecified atom stereocenters. The van der Waals surface area contributed by atoms with Crippen LogP contribution in [0.15, 0.2) is 42.6 Å². The van der Waals surface area contributed by atoms with Gasteiger partial charge in [-0.2, -0.15) is 4.39 Å². The highest BCUT2D eigenvalue weighted by Crippen LogP contribution is 2.40. The number of pyridine rings is 1. The maximum Gasteiger partial charge on any atom is 0.227 e. The number of hydrogen-bond donors (Lipinski definition) is 1. The van der Waals surface area contributed by atoms with Crippen LogP contribution in [0.2, 0.25) is 0 Å². The predicted octanol–water partition coefficient (Wildman–Crippen LogP) is 3.91. The van der Waals surface area contributed by atoms with Gasteiger partial charge in [0, 0.05) is 18.3 Å². The maximum atomic E-state index is 13.8. The third-order valence-corrected chi connectivity index (χ3v) is 4.36. The third-order valence-electron chi connectivity index (χ3n) is 4.36. The first-order chi connectivity index (χ1) is 11.2. The van der Waals surface area contributed by atoms with Gasteiger partial charge in [-0.25, -0.2) is 4.98 Å². The first-order valence-corrected chi connectivity index (χ1v) is 8.16. The van der Waals surface area contributed by atoms with Crippen molar-refractivity contribution in [3.63, 3.8) is 0 Å². The Morgan fingerprint density at radius 2 is 2.09 bits per heavy atom. The fourth-order valence-corrected chi connectivity index (χ4v) is 2.84. The highest BCUT2D eigenvalue weighted by molar-refractivity contribution is 5.83. The summed E-state index contributed by atoms with van der Waals surface area (Å²) in [4.78, 5) is 16.3. The minimum Gasteiger partial charge on any atom is -0.351 e. The molecule has 1 saturated carbocycles. The zero-order chi connectivity index (χ0) is 16.2. The molecule has 1 aromatic heterocycles. The molecule has 0 aliphatic heterocycles. The van der Waals surface area contributed by atoms with Crippen molar-refractivity contribution >= 4 is 5.91 Å². The van der Waals surface area contributed by atoms with E-state index in [1.807, 2.05) is 43.3 Å². The molecule has 0 spiro atoms. The Bertz CT molecular complexity index is 683. The lowest BCUT2D eigenvalue weighted by Crippen LogP contribution is -2.29. The van der Waals surface area contributed by atoms with Gasteiger partial charge in [-0.15, -0.1) is 0 Å². The lowest BCUT2D eigenvalue weighted by molar-refractivity contribution is -0.122. The summed E-state index contributed by atoms with van der Waals surface area (Å²) in [6, 6.07) is 11.5. The van der Waals surface area contributed by atoms with Gasteiger partial charge in [-0.3, -0.25) is 4.79 Å². The van der Waals surface area contributed by atoms with Gasteiger partial charge in [-0.05, 0) is 42.4 Å². The minimum absolute atomic E-state index is 0.0741. The lowest BCUT2D eigenvalue weighted by atomic mass is 9.95. The van der Waals surface area contributed by atoms with E-state index >= 15 is 0 Å². The molecule has 0 radical (unpaired) electrons. The number of benzene rings is 1. The second kappa shape index (κ2) is 6.90. The van der Waals surface area contributed by atoms with Crippen molar-refractivity contribution in [2.24, 2.45) is 0 Å². The Labute approximate surface area is 135 Å². The van der Waals surface area contributed by atoms with Gasteiger partial charge in [0.1, 0.15) is 0 Å². The normalized spacial score (nSPS) is 15.2. The summed E-state index contributed by atoms with van der Waals surface area (Å²) in [7, 11) is 0. The fourth-order valence-electron chi connectivity index (χ4n) is 2.84. The first kappa shape index (κ1) is 15.7. The molecule has 1 heterocycles. The summed E-state index contributed by atoms with van der Waals surface area (Å²) in [5.41, 5.74) is 2.52. The number of carbonyl (C=O) groups excluding carboxylic acids is 1. The van der Waals surface area contributed by atoms with Crippen molar-refractivity contribution in [3.8, 4) is 0 Å². The van der Waals surface area contributed by atoms with Gasteiger partial charge in [0.15, 0.2) is 0 Å². The number of rotatable bonds is 6. The Morgan fingerprint density at radius 1 is 1.35 bits per heavy atom. The molecule has 1 aromatic carbocycles. The van der Waals surface area contributed by atoms with E-state index in [2.05, 4.69) is 10.3 Å². The summed E-state index contributed by atoms with van der Waals surface area (Å²) in [5, 5.41) is 2.86. The molecular weight excluding hydrogens is 291 g/mol. The maximum absolute atomic E-state index is 13.8. The summed E-state index contributed by atoms with van der Waals surface area (Å²) in [5.74, 6) is -0.263. The van der Waals surface area contributed by atoms with Crippen molar-refractivity contribution in [2.75, 3.05) is 0 Å². The van der Waals surface area contributed by atoms with Crippen LogP contribution in [-0.4, -0.2) is 10.9 Å². The Balaban J connectivity index is 1.67.